The summed E-state index contributed by atoms with van der Waals surface area (Å²) in [6.45, 7) is 5.69. The van der Waals surface area contributed by atoms with Crippen LogP contribution in [0.4, 0.5) is 10.1 Å². The number of carbonyl (C=O) groups excluding carboxylic acids is 1. The van der Waals surface area contributed by atoms with Crippen molar-refractivity contribution in [2.75, 3.05) is 5.32 Å². The molecular weight excluding hydrogens is 353 g/mol. The Hall–Kier alpha value is -2.74. The van der Waals surface area contributed by atoms with Crippen LogP contribution in [0.25, 0.3) is 5.69 Å². The Morgan fingerprint density at radius 3 is 2.77 bits per heavy atom. The summed E-state index contributed by atoms with van der Waals surface area (Å²) in [5.74, 6) is -0.797. The molecule has 8 heteroatoms. The first-order chi connectivity index (χ1) is 12.5. The number of halogens is 1. The highest BCUT2D eigenvalue weighted by molar-refractivity contribution is 8.00. The molecule has 26 heavy (non-hydrogen) atoms. The van der Waals surface area contributed by atoms with Crippen molar-refractivity contribution in [3.8, 4) is 5.69 Å². The van der Waals surface area contributed by atoms with E-state index in [1.54, 1.807) is 23.7 Å². The normalized spacial score (nSPS) is 12.0. The third kappa shape index (κ3) is 3.91. The Morgan fingerprint density at radius 1 is 1.23 bits per heavy atom. The number of nitrogens with zero attached hydrogens (tertiary/aromatic N) is 4. The van der Waals surface area contributed by atoms with Crippen LogP contribution in [0.2, 0.25) is 0 Å². The fourth-order valence-corrected chi connectivity index (χ4v) is 3.16. The monoisotopic (exact) mass is 371 g/mol. The SMILES string of the molecule is Cc1ccc(C)c(-n2nnnc2S[C@H](C)C(=O)Nc2ccccc2F)c1. The summed E-state index contributed by atoms with van der Waals surface area (Å²) in [5.41, 5.74) is 3.12. The number of benzene rings is 2. The van der Waals surface area contributed by atoms with Gasteiger partial charge in [0.25, 0.3) is 0 Å². The van der Waals surface area contributed by atoms with E-state index >= 15 is 0 Å². The molecule has 1 amide bonds. The summed E-state index contributed by atoms with van der Waals surface area (Å²) < 4.78 is 15.3. The van der Waals surface area contributed by atoms with Crippen LogP contribution in [0.5, 0.6) is 0 Å². The van der Waals surface area contributed by atoms with Crippen molar-refractivity contribution in [1.82, 2.24) is 20.2 Å². The highest BCUT2D eigenvalue weighted by atomic mass is 32.2. The second-order valence-corrected chi connectivity index (χ2v) is 7.20. The number of anilines is 1. The van der Waals surface area contributed by atoms with Gasteiger partial charge in [0.2, 0.25) is 11.1 Å². The van der Waals surface area contributed by atoms with Crippen LogP contribution < -0.4 is 5.32 Å². The molecule has 0 saturated carbocycles. The molecule has 0 spiro atoms. The molecule has 0 aliphatic rings. The molecule has 0 radical (unpaired) electrons. The lowest BCUT2D eigenvalue weighted by Crippen LogP contribution is -2.23. The summed E-state index contributed by atoms with van der Waals surface area (Å²) in [6.07, 6.45) is 0. The Labute approximate surface area is 154 Å². The molecule has 0 aliphatic heterocycles. The van der Waals surface area contributed by atoms with Crippen LogP contribution in [0, 0.1) is 19.7 Å². The van der Waals surface area contributed by atoms with Gasteiger partial charge in [0, 0.05) is 0 Å². The van der Waals surface area contributed by atoms with Crippen LogP contribution in [-0.4, -0.2) is 31.4 Å². The Bertz CT molecular complexity index is 943. The van der Waals surface area contributed by atoms with Crippen molar-refractivity contribution >= 4 is 23.4 Å². The highest BCUT2D eigenvalue weighted by Gasteiger charge is 2.20. The molecule has 1 heterocycles. The van der Waals surface area contributed by atoms with E-state index in [2.05, 4.69) is 20.8 Å². The number of aryl methyl sites for hydroxylation is 2. The number of hydrogen-bond acceptors (Lipinski definition) is 5. The zero-order chi connectivity index (χ0) is 18.7. The van der Waals surface area contributed by atoms with Gasteiger partial charge in [-0.15, -0.1) is 5.10 Å². The van der Waals surface area contributed by atoms with Gasteiger partial charge in [-0.25, -0.2) is 4.39 Å². The molecule has 2 aromatic carbocycles. The first-order valence-electron chi connectivity index (χ1n) is 8.04. The highest BCUT2D eigenvalue weighted by Crippen LogP contribution is 2.26. The second kappa shape index (κ2) is 7.65. The molecule has 0 saturated heterocycles. The van der Waals surface area contributed by atoms with E-state index in [9.17, 15) is 9.18 Å². The minimum atomic E-state index is -0.510. The Kier molecular flexibility index (Phi) is 5.32. The molecule has 1 atom stereocenters. The molecule has 3 aromatic rings. The fraction of sp³-hybridized carbons (Fsp3) is 0.222. The van der Waals surface area contributed by atoms with Crippen molar-refractivity contribution in [3.05, 3.63) is 59.4 Å². The first-order valence-corrected chi connectivity index (χ1v) is 8.91. The molecule has 0 unspecified atom stereocenters. The number of carbonyl (C=O) groups is 1. The average molecular weight is 371 g/mol. The molecule has 1 N–H and O–H groups in total. The topological polar surface area (TPSA) is 72.7 Å². The Balaban J connectivity index is 1.77. The van der Waals surface area contributed by atoms with E-state index in [1.807, 2.05) is 32.0 Å². The molecule has 0 aliphatic carbocycles. The van der Waals surface area contributed by atoms with Crippen molar-refractivity contribution in [3.63, 3.8) is 0 Å². The van der Waals surface area contributed by atoms with E-state index in [0.29, 0.717) is 5.16 Å². The Morgan fingerprint density at radius 2 is 2.00 bits per heavy atom. The van der Waals surface area contributed by atoms with Crippen LogP contribution in [0.3, 0.4) is 0 Å². The summed E-state index contributed by atoms with van der Waals surface area (Å²) in [5, 5.41) is 14.4. The molecule has 3 rings (SSSR count). The van der Waals surface area contributed by atoms with Gasteiger partial charge < -0.3 is 5.32 Å². The summed E-state index contributed by atoms with van der Waals surface area (Å²) in [4.78, 5) is 12.4. The third-order valence-corrected chi connectivity index (χ3v) is 4.85. The fourth-order valence-electron chi connectivity index (χ4n) is 2.36. The van der Waals surface area contributed by atoms with E-state index in [0.717, 1.165) is 16.8 Å². The maximum atomic E-state index is 13.7. The number of amides is 1. The number of hydrogen-bond donors (Lipinski definition) is 1. The lowest BCUT2D eigenvalue weighted by Gasteiger charge is -2.13. The average Bonchev–Trinajstić information content (AvgIpc) is 3.07. The number of tetrazole rings is 1. The minimum Gasteiger partial charge on any atom is -0.323 e. The van der Waals surface area contributed by atoms with Gasteiger partial charge in [-0.2, -0.15) is 4.68 Å². The van der Waals surface area contributed by atoms with E-state index < -0.39 is 11.1 Å². The zero-order valence-electron chi connectivity index (χ0n) is 14.6. The van der Waals surface area contributed by atoms with Gasteiger partial charge in [0.15, 0.2) is 0 Å². The maximum absolute atomic E-state index is 13.7. The molecule has 1 aromatic heterocycles. The molecular formula is C18H18FN5OS. The largest absolute Gasteiger partial charge is 0.323 e. The predicted octanol–water partition coefficient (Wildman–Crippen LogP) is 3.54. The number of para-hydroxylation sites is 1. The lowest BCUT2D eigenvalue weighted by molar-refractivity contribution is -0.115. The quantitative estimate of drug-likeness (QED) is 0.695. The van der Waals surface area contributed by atoms with Gasteiger partial charge in [0.1, 0.15) is 5.82 Å². The van der Waals surface area contributed by atoms with Gasteiger partial charge >= 0.3 is 0 Å². The van der Waals surface area contributed by atoms with Crippen molar-refractivity contribution in [1.29, 1.82) is 0 Å². The maximum Gasteiger partial charge on any atom is 0.237 e. The van der Waals surface area contributed by atoms with E-state index in [1.165, 1.54) is 23.9 Å². The van der Waals surface area contributed by atoms with Gasteiger partial charge in [0.05, 0.1) is 16.6 Å². The predicted molar refractivity (Wildman–Crippen MR) is 99.0 cm³/mol. The second-order valence-electron chi connectivity index (χ2n) is 5.89. The van der Waals surface area contributed by atoms with Crippen LogP contribution in [0.1, 0.15) is 18.1 Å². The van der Waals surface area contributed by atoms with Crippen molar-refractivity contribution in [2.45, 2.75) is 31.2 Å². The van der Waals surface area contributed by atoms with Gasteiger partial charge in [-0.05, 0) is 60.5 Å². The van der Waals surface area contributed by atoms with Crippen LogP contribution >= 0.6 is 11.8 Å². The number of rotatable bonds is 5. The van der Waals surface area contributed by atoms with Crippen LogP contribution in [0.15, 0.2) is 47.6 Å². The van der Waals surface area contributed by atoms with Crippen LogP contribution in [-0.2, 0) is 4.79 Å². The molecule has 6 nitrogen and oxygen atoms in total. The summed E-state index contributed by atoms with van der Waals surface area (Å²) >= 11 is 1.21. The van der Waals surface area contributed by atoms with Crippen molar-refractivity contribution in [2.24, 2.45) is 0 Å². The number of thioether (sulfide) groups is 1. The van der Waals surface area contributed by atoms with Crippen molar-refractivity contribution < 1.29 is 9.18 Å². The molecule has 134 valence electrons. The van der Waals surface area contributed by atoms with Gasteiger partial charge in [-0.3, -0.25) is 4.79 Å². The van der Waals surface area contributed by atoms with E-state index in [-0.39, 0.29) is 11.6 Å². The molecule has 0 bridgehead atoms. The number of aromatic nitrogens is 4. The minimum absolute atomic E-state index is 0.152. The number of nitrogens with one attached hydrogen (secondary N) is 1. The summed E-state index contributed by atoms with van der Waals surface area (Å²) in [6, 6.07) is 12.0. The standard InChI is InChI=1S/C18H18FN5OS/c1-11-8-9-12(2)16(10-11)24-18(21-22-23-24)26-13(3)17(25)20-15-7-5-4-6-14(15)19/h4-10,13H,1-3H3,(H,20,25)/t13-/m1/s1. The third-order valence-electron chi connectivity index (χ3n) is 3.82. The first kappa shape index (κ1) is 18.1. The summed E-state index contributed by atoms with van der Waals surface area (Å²) in [7, 11) is 0. The zero-order valence-corrected chi connectivity index (χ0v) is 15.4. The smallest absolute Gasteiger partial charge is 0.237 e. The van der Waals surface area contributed by atoms with E-state index in [4.69, 9.17) is 0 Å². The lowest BCUT2D eigenvalue weighted by atomic mass is 10.1. The van der Waals surface area contributed by atoms with Gasteiger partial charge in [-0.1, -0.05) is 36.0 Å². The molecule has 0 fully saturated rings.